The van der Waals surface area contributed by atoms with Crippen molar-refractivity contribution in [2.45, 2.75) is 0 Å². The number of hydrogen-bond donors (Lipinski definition) is 1. The van der Waals surface area contributed by atoms with Gasteiger partial charge in [0.15, 0.2) is 5.70 Å². The standard InChI is InChI=1S/C11H6N2O2/c14-11(15)10-8-5-6-3-1-2-4-7(6)9(8)12-13-10/h1-5H,(H,14,15). The van der Waals surface area contributed by atoms with Crippen molar-refractivity contribution >= 4 is 17.7 Å². The third-order valence-corrected chi connectivity index (χ3v) is 2.48. The van der Waals surface area contributed by atoms with Crippen molar-refractivity contribution < 1.29 is 9.90 Å². The summed E-state index contributed by atoms with van der Waals surface area (Å²) in [4.78, 5) is 10.9. The lowest BCUT2D eigenvalue weighted by atomic mass is 10.2. The Labute approximate surface area is 84.6 Å². The molecule has 1 heterocycles. The van der Waals surface area contributed by atoms with Gasteiger partial charge in [0.25, 0.3) is 0 Å². The van der Waals surface area contributed by atoms with Gasteiger partial charge in [-0.25, -0.2) is 4.79 Å². The van der Waals surface area contributed by atoms with Crippen LogP contribution >= 0.6 is 0 Å². The van der Waals surface area contributed by atoms with Crippen LogP contribution in [0, 0.1) is 0 Å². The Morgan fingerprint density at radius 3 is 2.80 bits per heavy atom. The third-order valence-electron chi connectivity index (χ3n) is 2.48. The fourth-order valence-electron chi connectivity index (χ4n) is 1.81. The van der Waals surface area contributed by atoms with E-state index in [0.717, 1.165) is 10.4 Å². The number of carboxylic acids is 1. The summed E-state index contributed by atoms with van der Waals surface area (Å²) in [6.45, 7) is 0. The molecule has 4 nitrogen and oxygen atoms in total. The van der Waals surface area contributed by atoms with E-state index < -0.39 is 5.97 Å². The summed E-state index contributed by atoms with van der Waals surface area (Å²) in [5.74, 6) is -1.03. The van der Waals surface area contributed by atoms with Gasteiger partial charge in [-0.15, -0.1) is 10.2 Å². The minimum absolute atomic E-state index is 0.0289. The van der Waals surface area contributed by atoms with Crippen LogP contribution in [0.15, 0.2) is 45.8 Å². The molecule has 2 aliphatic rings. The highest BCUT2D eigenvalue weighted by Gasteiger charge is 2.24. The zero-order valence-corrected chi connectivity index (χ0v) is 7.64. The van der Waals surface area contributed by atoms with E-state index in [-0.39, 0.29) is 5.70 Å². The van der Waals surface area contributed by atoms with Crippen LogP contribution in [-0.2, 0) is 4.79 Å². The Kier molecular flexibility index (Phi) is 1.42. The van der Waals surface area contributed by atoms with Crippen LogP contribution in [0.4, 0.5) is 0 Å². The zero-order chi connectivity index (χ0) is 10.4. The van der Waals surface area contributed by atoms with E-state index in [1.165, 1.54) is 0 Å². The molecule has 1 aliphatic heterocycles. The molecule has 0 unspecified atom stereocenters. The highest BCUT2D eigenvalue weighted by atomic mass is 16.4. The van der Waals surface area contributed by atoms with Gasteiger partial charge < -0.3 is 5.11 Å². The fraction of sp³-hybridized carbons (Fsp3) is 0. The molecular formula is C11H6N2O2. The van der Waals surface area contributed by atoms with Crippen LogP contribution in [0.5, 0.6) is 0 Å². The Morgan fingerprint density at radius 2 is 2.00 bits per heavy atom. The van der Waals surface area contributed by atoms with Gasteiger partial charge >= 0.3 is 5.97 Å². The Bertz CT molecular complexity index is 653. The number of carboxylic acid groups (broad SMARTS) is 1. The minimum atomic E-state index is -1.03. The summed E-state index contributed by atoms with van der Waals surface area (Å²) in [7, 11) is 0. The summed E-state index contributed by atoms with van der Waals surface area (Å²) in [6, 6.07) is 7.66. The molecule has 0 bridgehead atoms. The van der Waals surface area contributed by atoms with Crippen molar-refractivity contribution in [2.75, 3.05) is 0 Å². The number of fused-ring (bicyclic) bond motifs is 2. The third kappa shape index (κ3) is 0.985. The Balaban J connectivity index is 2.43. The monoisotopic (exact) mass is 198 g/mol. The van der Waals surface area contributed by atoms with Crippen LogP contribution < -0.4 is 10.4 Å². The molecule has 0 aromatic heterocycles. The number of azo groups is 1. The number of nitrogens with zero attached hydrogens (tertiary/aromatic N) is 2. The first kappa shape index (κ1) is 8.11. The largest absolute Gasteiger partial charge is 0.476 e. The lowest BCUT2D eigenvalue weighted by Crippen LogP contribution is -2.21. The second-order valence-electron chi connectivity index (χ2n) is 3.35. The first-order chi connectivity index (χ1) is 7.27. The molecule has 1 aliphatic carbocycles. The van der Waals surface area contributed by atoms with Crippen molar-refractivity contribution in [3.63, 3.8) is 0 Å². The van der Waals surface area contributed by atoms with E-state index in [2.05, 4.69) is 10.2 Å². The number of aliphatic carboxylic acids is 1. The predicted octanol–water partition coefficient (Wildman–Crippen LogP) is 0.393. The molecule has 0 atom stereocenters. The maximum absolute atomic E-state index is 10.9. The van der Waals surface area contributed by atoms with Crippen LogP contribution in [0.3, 0.4) is 0 Å². The average Bonchev–Trinajstić information content (AvgIpc) is 2.74. The lowest BCUT2D eigenvalue weighted by Gasteiger charge is -1.89. The van der Waals surface area contributed by atoms with Crippen molar-refractivity contribution in [3.8, 4) is 0 Å². The number of carbonyl (C=O) groups is 1. The fourth-order valence-corrected chi connectivity index (χ4v) is 1.81. The van der Waals surface area contributed by atoms with E-state index in [1.807, 2.05) is 30.3 Å². The molecule has 0 fully saturated rings. The highest BCUT2D eigenvalue weighted by Crippen LogP contribution is 2.28. The average molecular weight is 198 g/mol. The number of rotatable bonds is 1. The first-order valence-corrected chi connectivity index (χ1v) is 4.48. The van der Waals surface area contributed by atoms with Gasteiger partial charge in [-0.05, 0) is 11.3 Å². The predicted molar refractivity (Wildman–Crippen MR) is 53.1 cm³/mol. The van der Waals surface area contributed by atoms with E-state index in [1.54, 1.807) is 0 Å². The van der Waals surface area contributed by atoms with E-state index in [0.29, 0.717) is 11.3 Å². The molecule has 1 aromatic rings. The molecule has 1 N–H and O–H groups in total. The van der Waals surface area contributed by atoms with E-state index in [4.69, 9.17) is 5.11 Å². The van der Waals surface area contributed by atoms with Crippen LogP contribution in [0.2, 0.25) is 0 Å². The Morgan fingerprint density at radius 1 is 1.20 bits per heavy atom. The quantitative estimate of drug-likeness (QED) is 0.709. The van der Waals surface area contributed by atoms with E-state index in [9.17, 15) is 4.79 Å². The summed E-state index contributed by atoms with van der Waals surface area (Å²) in [6.07, 6.45) is 1.81. The summed E-state index contributed by atoms with van der Waals surface area (Å²) < 4.78 is 0. The molecule has 0 saturated carbocycles. The van der Waals surface area contributed by atoms with E-state index >= 15 is 0 Å². The highest BCUT2D eigenvalue weighted by molar-refractivity contribution is 5.98. The molecule has 0 amide bonds. The van der Waals surface area contributed by atoms with Gasteiger partial charge in [0.1, 0.15) is 5.70 Å². The second-order valence-corrected chi connectivity index (χ2v) is 3.35. The molecule has 0 radical (unpaired) electrons. The molecule has 3 rings (SSSR count). The van der Waals surface area contributed by atoms with Crippen molar-refractivity contribution in [1.82, 2.24) is 0 Å². The summed E-state index contributed by atoms with van der Waals surface area (Å²) in [5.41, 5.74) is 1.31. The van der Waals surface area contributed by atoms with Gasteiger partial charge in [-0.2, -0.15) is 0 Å². The lowest BCUT2D eigenvalue weighted by molar-refractivity contribution is -0.132. The maximum Gasteiger partial charge on any atom is 0.357 e. The molecule has 0 spiro atoms. The van der Waals surface area contributed by atoms with Gasteiger partial charge in [0.2, 0.25) is 0 Å². The minimum Gasteiger partial charge on any atom is -0.476 e. The maximum atomic E-state index is 10.9. The second kappa shape index (κ2) is 2.63. The summed E-state index contributed by atoms with van der Waals surface area (Å²) >= 11 is 0. The van der Waals surface area contributed by atoms with Crippen molar-refractivity contribution in [1.29, 1.82) is 0 Å². The molecule has 0 saturated heterocycles. The van der Waals surface area contributed by atoms with Crippen LogP contribution in [-0.4, -0.2) is 11.1 Å². The van der Waals surface area contributed by atoms with Crippen molar-refractivity contribution in [3.05, 3.63) is 46.0 Å². The number of benzene rings is 1. The van der Waals surface area contributed by atoms with Crippen LogP contribution in [0.1, 0.15) is 0 Å². The SMILES string of the molecule is O=C(O)C1=C2C=c3ccccc3=C2N=N1. The zero-order valence-electron chi connectivity index (χ0n) is 7.64. The topological polar surface area (TPSA) is 62.0 Å². The van der Waals surface area contributed by atoms with Crippen molar-refractivity contribution in [2.24, 2.45) is 10.2 Å². The molecule has 72 valence electrons. The smallest absolute Gasteiger partial charge is 0.357 e. The van der Waals surface area contributed by atoms with Gasteiger partial charge in [-0.3, -0.25) is 0 Å². The first-order valence-electron chi connectivity index (χ1n) is 4.48. The van der Waals surface area contributed by atoms with Crippen LogP contribution in [0.25, 0.3) is 11.8 Å². The Hall–Kier alpha value is -2.23. The molecular weight excluding hydrogens is 192 g/mol. The molecule has 4 heteroatoms. The molecule has 15 heavy (non-hydrogen) atoms. The van der Waals surface area contributed by atoms with Gasteiger partial charge in [0.05, 0.1) is 0 Å². The van der Waals surface area contributed by atoms with Gasteiger partial charge in [0, 0.05) is 10.8 Å². The summed E-state index contributed by atoms with van der Waals surface area (Å²) in [5, 5.41) is 18.4. The normalized spacial score (nSPS) is 16.4. The van der Waals surface area contributed by atoms with Gasteiger partial charge in [-0.1, -0.05) is 24.3 Å². The number of hydrogen-bond acceptors (Lipinski definition) is 3. The molecule has 1 aromatic carbocycles.